The van der Waals surface area contributed by atoms with Gasteiger partial charge in [0.25, 0.3) is 0 Å². The molecule has 37 heavy (non-hydrogen) atoms. The number of thiophene rings is 1. The highest BCUT2D eigenvalue weighted by Gasteiger charge is 2.36. The van der Waals surface area contributed by atoms with E-state index in [0.29, 0.717) is 6.54 Å². The molecule has 1 aliphatic heterocycles. The lowest BCUT2D eigenvalue weighted by molar-refractivity contribution is -0.133. The summed E-state index contributed by atoms with van der Waals surface area (Å²) in [4.78, 5) is 17.3. The molecule has 5 nitrogen and oxygen atoms in total. The maximum atomic E-state index is 13.9. The molecule has 0 spiro atoms. The second kappa shape index (κ2) is 10.7. The van der Waals surface area contributed by atoms with E-state index in [2.05, 4.69) is 56.5 Å². The smallest absolute Gasteiger partial charge is 0.243 e. The van der Waals surface area contributed by atoms with Gasteiger partial charge in [-0.3, -0.25) is 4.79 Å². The number of aryl methyl sites for hydroxylation is 1. The minimum absolute atomic E-state index is 0.0375. The van der Waals surface area contributed by atoms with E-state index in [9.17, 15) is 13.2 Å². The Kier molecular flexibility index (Phi) is 7.98. The second-order valence-electron chi connectivity index (χ2n) is 11.4. The van der Waals surface area contributed by atoms with Gasteiger partial charge in [0.05, 0.1) is 17.5 Å². The Labute approximate surface area is 226 Å². The lowest BCUT2D eigenvalue weighted by Crippen LogP contribution is -2.47. The Morgan fingerprint density at radius 1 is 1.05 bits per heavy atom. The molecular formula is C30H38N2O3S2. The van der Waals surface area contributed by atoms with Crippen molar-refractivity contribution in [3.8, 4) is 0 Å². The quantitative estimate of drug-likeness (QED) is 0.361. The van der Waals surface area contributed by atoms with E-state index in [-0.39, 0.29) is 41.3 Å². The van der Waals surface area contributed by atoms with Gasteiger partial charge in [-0.05, 0) is 64.9 Å². The zero-order valence-electron chi connectivity index (χ0n) is 22.7. The van der Waals surface area contributed by atoms with Crippen LogP contribution in [-0.2, 0) is 26.7 Å². The molecule has 0 N–H and O–H groups in total. The number of benzene rings is 2. The molecule has 7 heteroatoms. The van der Waals surface area contributed by atoms with Gasteiger partial charge in [0.1, 0.15) is 0 Å². The highest BCUT2D eigenvalue weighted by molar-refractivity contribution is 7.89. The van der Waals surface area contributed by atoms with Gasteiger partial charge in [0.2, 0.25) is 15.9 Å². The van der Waals surface area contributed by atoms with E-state index in [0.717, 1.165) is 23.1 Å². The van der Waals surface area contributed by atoms with Crippen molar-refractivity contribution in [1.82, 2.24) is 9.21 Å². The van der Waals surface area contributed by atoms with Gasteiger partial charge >= 0.3 is 0 Å². The fraction of sp³-hybridized carbons (Fsp3) is 0.433. The number of fused-ring (bicyclic) bond motifs is 1. The van der Waals surface area contributed by atoms with Crippen LogP contribution in [0.2, 0.25) is 0 Å². The zero-order chi connectivity index (χ0) is 27.0. The average Bonchev–Trinajstić information content (AvgIpc) is 3.31. The van der Waals surface area contributed by atoms with Crippen LogP contribution in [0, 0.1) is 12.8 Å². The van der Waals surface area contributed by atoms with Gasteiger partial charge in [-0.15, -0.1) is 11.3 Å². The SMILES string of the molecule is Cc1ccc(S(=O)(=O)N(CC(=O)N2CCc3sccc3C2c2ccc(C(C)(C)C)cc2)CC(C)C)cc1. The maximum Gasteiger partial charge on any atom is 0.243 e. The molecule has 3 aromatic rings. The minimum Gasteiger partial charge on any atom is -0.330 e. The summed E-state index contributed by atoms with van der Waals surface area (Å²) in [5, 5.41) is 2.09. The van der Waals surface area contributed by atoms with Gasteiger partial charge in [-0.1, -0.05) is 76.6 Å². The fourth-order valence-electron chi connectivity index (χ4n) is 4.87. The molecule has 1 amide bonds. The van der Waals surface area contributed by atoms with Gasteiger partial charge in [-0.2, -0.15) is 4.31 Å². The van der Waals surface area contributed by atoms with Crippen molar-refractivity contribution in [2.24, 2.45) is 5.92 Å². The van der Waals surface area contributed by atoms with E-state index in [1.165, 1.54) is 14.7 Å². The second-order valence-corrected chi connectivity index (χ2v) is 14.4. The zero-order valence-corrected chi connectivity index (χ0v) is 24.3. The number of amides is 1. The molecule has 0 bridgehead atoms. The average molecular weight is 539 g/mol. The Bertz CT molecular complexity index is 1330. The fourth-order valence-corrected chi connectivity index (χ4v) is 7.32. The first-order valence-corrected chi connectivity index (χ1v) is 15.2. The molecular weight excluding hydrogens is 500 g/mol. The predicted octanol–water partition coefficient (Wildman–Crippen LogP) is 6.18. The molecule has 0 fully saturated rings. The third kappa shape index (κ3) is 6.00. The minimum atomic E-state index is -3.81. The van der Waals surface area contributed by atoms with Crippen molar-refractivity contribution < 1.29 is 13.2 Å². The van der Waals surface area contributed by atoms with Crippen molar-refractivity contribution in [2.45, 2.75) is 64.3 Å². The van der Waals surface area contributed by atoms with Crippen molar-refractivity contribution in [2.75, 3.05) is 19.6 Å². The molecule has 1 aromatic heterocycles. The lowest BCUT2D eigenvalue weighted by atomic mass is 9.85. The maximum absolute atomic E-state index is 13.9. The van der Waals surface area contributed by atoms with Crippen molar-refractivity contribution in [1.29, 1.82) is 0 Å². The summed E-state index contributed by atoms with van der Waals surface area (Å²) in [6.45, 7) is 13.1. The van der Waals surface area contributed by atoms with Crippen molar-refractivity contribution in [3.63, 3.8) is 0 Å². The summed E-state index contributed by atoms with van der Waals surface area (Å²) < 4.78 is 28.5. The Balaban J connectivity index is 1.67. The Hall–Kier alpha value is -2.48. The van der Waals surface area contributed by atoms with Crippen LogP contribution < -0.4 is 0 Å². The van der Waals surface area contributed by atoms with Gasteiger partial charge in [-0.25, -0.2) is 8.42 Å². The number of carbonyl (C=O) groups excluding carboxylic acids is 1. The molecule has 0 saturated carbocycles. The van der Waals surface area contributed by atoms with Crippen LogP contribution >= 0.6 is 11.3 Å². The lowest BCUT2D eigenvalue weighted by Gasteiger charge is -2.38. The largest absolute Gasteiger partial charge is 0.330 e. The summed E-state index contributed by atoms with van der Waals surface area (Å²) in [5.74, 6) is -0.0864. The van der Waals surface area contributed by atoms with Crippen LogP contribution in [-0.4, -0.2) is 43.2 Å². The molecule has 1 aliphatic rings. The van der Waals surface area contributed by atoms with Crippen LogP contribution in [0.25, 0.3) is 0 Å². The first kappa shape index (κ1) is 27.6. The summed E-state index contributed by atoms with van der Waals surface area (Å²) in [6.07, 6.45) is 0.782. The van der Waals surface area contributed by atoms with Crippen molar-refractivity contribution in [3.05, 3.63) is 87.1 Å². The normalized spacial score (nSPS) is 16.3. The van der Waals surface area contributed by atoms with E-state index in [1.807, 2.05) is 25.7 Å². The van der Waals surface area contributed by atoms with Crippen molar-refractivity contribution >= 4 is 27.3 Å². The predicted molar refractivity (Wildman–Crippen MR) is 151 cm³/mol. The molecule has 1 atom stereocenters. The Morgan fingerprint density at radius 2 is 1.70 bits per heavy atom. The van der Waals surface area contributed by atoms with E-state index >= 15 is 0 Å². The molecule has 0 aliphatic carbocycles. The molecule has 198 valence electrons. The van der Waals surface area contributed by atoms with Gasteiger partial charge in [0.15, 0.2) is 0 Å². The number of sulfonamides is 1. The third-order valence-electron chi connectivity index (χ3n) is 6.92. The number of carbonyl (C=O) groups is 1. The van der Waals surface area contributed by atoms with Gasteiger partial charge < -0.3 is 4.90 Å². The number of rotatable bonds is 7. The van der Waals surface area contributed by atoms with E-state index in [4.69, 9.17) is 0 Å². The standard InChI is InChI=1S/C30H38N2O3S2/c1-21(2)19-31(37(34,35)25-13-7-22(3)8-14-25)20-28(33)32-17-15-27-26(16-18-36-27)29(32)23-9-11-24(12-10-23)30(4,5)6/h7-14,16,18,21,29H,15,17,19-20H2,1-6H3. The number of nitrogens with zero attached hydrogens (tertiary/aromatic N) is 2. The molecule has 0 saturated heterocycles. The molecule has 1 unspecified atom stereocenters. The molecule has 4 rings (SSSR count). The topological polar surface area (TPSA) is 57.7 Å². The number of hydrogen-bond acceptors (Lipinski definition) is 4. The number of hydrogen-bond donors (Lipinski definition) is 0. The molecule has 0 radical (unpaired) electrons. The van der Waals surface area contributed by atoms with Crippen LogP contribution in [0.5, 0.6) is 0 Å². The first-order valence-electron chi connectivity index (χ1n) is 12.9. The van der Waals surface area contributed by atoms with E-state index in [1.54, 1.807) is 35.6 Å². The first-order chi connectivity index (χ1) is 17.4. The van der Waals surface area contributed by atoms with Gasteiger partial charge in [0, 0.05) is 18.0 Å². The highest BCUT2D eigenvalue weighted by atomic mass is 32.2. The third-order valence-corrected chi connectivity index (χ3v) is 9.74. The van der Waals surface area contributed by atoms with Crippen LogP contribution in [0.1, 0.15) is 67.8 Å². The van der Waals surface area contributed by atoms with Crippen LogP contribution in [0.3, 0.4) is 0 Å². The van der Waals surface area contributed by atoms with E-state index < -0.39 is 10.0 Å². The summed E-state index contributed by atoms with van der Waals surface area (Å²) in [7, 11) is -3.81. The summed E-state index contributed by atoms with van der Waals surface area (Å²) in [6, 6.07) is 17.2. The molecule has 2 heterocycles. The summed E-state index contributed by atoms with van der Waals surface area (Å²) >= 11 is 1.73. The van der Waals surface area contributed by atoms with Crippen LogP contribution in [0.15, 0.2) is 64.9 Å². The van der Waals surface area contributed by atoms with Crippen LogP contribution in [0.4, 0.5) is 0 Å². The monoisotopic (exact) mass is 538 g/mol. The Morgan fingerprint density at radius 3 is 2.30 bits per heavy atom. The highest BCUT2D eigenvalue weighted by Crippen LogP contribution is 2.38. The molecule has 2 aromatic carbocycles. The summed E-state index contributed by atoms with van der Waals surface area (Å²) in [5.41, 5.74) is 4.46.